The Bertz CT molecular complexity index is 439. The molecule has 0 aliphatic carbocycles. The maximum Gasteiger partial charge on any atom is 0.0787 e. The van der Waals surface area contributed by atoms with E-state index in [4.69, 9.17) is 0 Å². The Morgan fingerprint density at radius 3 is 2.48 bits per heavy atom. The van der Waals surface area contributed by atoms with E-state index in [0.717, 1.165) is 31.1 Å². The van der Waals surface area contributed by atoms with Crippen molar-refractivity contribution >= 4 is 5.69 Å². The van der Waals surface area contributed by atoms with Crippen molar-refractivity contribution in [2.75, 3.05) is 31.1 Å². The number of benzene rings is 1. The molecule has 0 spiro atoms. The van der Waals surface area contributed by atoms with Gasteiger partial charge in [-0.3, -0.25) is 4.90 Å². The van der Waals surface area contributed by atoms with Crippen LogP contribution in [0.3, 0.4) is 0 Å². The lowest BCUT2D eigenvalue weighted by Gasteiger charge is -2.32. The molecule has 2 atom stereocenters. The van der Waals surface area contributed by atoms with Crippen molar-refractivity contribution < 1.29 is 5.11 Å². The van der Waals surface area contributed by atoms with Crippen LogP contribution in [-0.2, 0) is 0 Å². The second kappa shape index (κ2) is 6.80. The zero-order chi connectivity index (χ0) is 14.7. The first-order chi connectivity index (χ1) is 10.3. The molecule has 1 aromatic carbocycles. The van der Waals surface area contributed by atoms with Crippen LogP contribution in [0.2, 0.25) is 0 Å². The van der Waals surface area contributed by atoms with Gasteiger partial charge < -0.3 is 10.0 Å². The molecule has 0 aromatic heterocycles. The van der Waals surface area contributed by atoms with Gasteiger partial charge in [-0.1, -0.05) is 25.5 Å². The summed E-state index contributed by atoms with van der Waals surface area (Å²) in [6.07, 6.45) is 5.91. The summed E-state index contributed by atoms with van der Waals surface area (Å²) < 4.78 is 0. The van der Waals surface area contributed by atoms with E-state index in [1.54, 1.807) is 0 Å². The van der Waals surface area contributed by atoms with Crippen molar-refractivity contribution in [1.82, 2.24) is 4.90 Å². The molecule has 116 valence electrons. The molecule has 1 N–H and O–H groups in total. The predicted octanol–water partition coefficient (Wildman–Crippen LogP) is 3.19. The Morgan fingerprint density at radius 1 is 1.10 bits per heavy atom. The van der Waals surface area contributed by atoms with Crippen LogP contribution in [0.25, 0.3) is 0 Å². The monoisotopic (exact) mass is 288 g/mol. The molecule has 2 aliphatic rings. The van der Waals surface area contributed by atoms with E-state index in [-0.39, 0.29) is 6.10 Å². The zero-order valence-electron chi connectivity index (χ0n) is 13.2. The van der Waals surface area contributed by atoms with Crippen LogP contribution in [0.15, 0.2) is 24.3 Å². The van der Waals surface area contributed by atoms with E-state index in [0.29, 0.717) is 0 Å². The largest absolute Gasteiger partial charge is 0.388 e. The van der Waals surface area contributed by atoms with Crippen LogP contribution < -0.4 is 4.90 Å². The maximum absolute atomic E-state index is 9.88. The molecular weight excluding hydrogens is 260 g/mol. The van der Waals surface area contributed by atoms with Gasteiger partial charge >= 0.3 is 0 Å². The fourth-order valence-electron chi connectivity index (χ4n) is 3.70. The first-order valence-electron chi connectivity index (χ1n) is 8.55. The summed E-state index contributed by atoms with van der Waals surface area (Å²) in [5.74, 6) is 0. The number of likely N-dealkylation sites (tertiary alicyclic amines) is 1. The number of anilines is 1. The lowest BCUT2D eigenvalue weighted by Crippen LogP contribution is -2.40. The molecule has 21 heavy (non-hydrogen) atoms. The van der Waals surface area contributed by atoms with Crippen molar-refractivity contribution in [2.24, 2.45) is 0 Å². The number of piperidine rings is 1. The Kier molecular flexibility index (Phi) is 4.81. The number of aliphatic hydroxyl groups excluding tert-OH is 1. The van der Waals surface area contributed by atoms with Gasteiger partial charge in [-0.15, -0.1) is 0 Å². The molecule has 2 fully saturated rings. The highest BCUT2D eigenvalue weighted by Gasteiger charge is 2.28. The van der Waals surface area contributed by atoms with Crippen LogP contribution in [-0.4, -0.2) is 42.2 Å². The van der Waals surface area contributed by atoms with Gasteiger partial charge in [0.05, 0.1) is 6.10 Å². The topological polar surface area (TPSA) is 26.7 Å². The molecule has 0 radical (unpaired) electrons. The molecule has 2 heterocycles. The first kappa shape index (κ1) is 14.9. The SMILES string of the molecule is CCC(O)c1ccc(N2CCC(N3CCCCC3)C2)cc1. The van der Waals surface area contributed by atoms with Crippen molar-refractivity contribution in [2.45, 2.75) is 51.2 Å². The van der Waals surface area contributed by atoms with Crippen LogP contribution >= 0.6 is 0 Å². The zero-order valence-corrected chi connectivity index (χ0v) is 13.2. The molecule has 3 nitrogen and oxygen atoms in total. The standard InChI is InChI=1S/C18H28N2O/c1-2-18(21)15-6-8-16(9-7-15)20-13-10-17(14-20)19-11-4-3-5-12-19/h6-9,17-18,21H,2-5,10-14H2,1H3. The van der Waals surface area contributed by atoms with Gasteiger partial charge in [0.1, 0.15) is 0 Å². The van der Waals surface area contributed by atoms with Crippen LogP contribution in [0.4, 0.5) is 5.69 Å². The van der Waals surface area contributed by atoms with Crippen LogP contribution in [0, 0.1) is 0 Å². The lowest BCUT2D eigenvalue weighted by atomic mass is 10.1. The molecule has 0 amide bonds. The number of rotatable bonds is 4. The van der Waals surface area contributed by atoms with E-state index >= 15 is 0 Å². The molecular formula is C18H28N2O. The van der Waals surface area contributed by atoms with Gasteiger partial charge in [0.25, 0.3) is 0 Å². The molecule has 0 saturated carbocycles. The lowest BCUT2D eigenvalue weighted by molar-refractivity contribution is 0.173. The Morgan fingerprint density at radius 2 is 1.81 bits per heavy atom. The summed E-state index contributed by atoms with van der Waals surface area (Å²) in [5.41, 5.74) is 2.34. The minimum Gasteiger partial charge on any atom is -0.388 e. The van der Waals surface area contributed by atoms with E-state index in [1.165, 1.54) is 44.5 Å². The minimum atomic E-state index is -0.321. The first-order valence-corrected chi connectivity index (χ1v) is 8.55. The van der Waals surface area contributed by atoms with Gasteiger partial charge in [0.2, 0.25) is 0 Å². The highest BCUT2D eigenvalue weighted by atomic mass is 16.3. The molecule has 0 bridgehead atoms. The summed E-state index contributed by atoms with van der Waals surface area (Å²) in [6, 6.07) is 9.25. The molecule has 2 aliphatic heterocycles. The Labute approximate surface area is 128 Å². The van der Waals surface area contributed by atoms with Gasteiger partial charge in [-0.2, -0.15) is 0 Å². The van der Waals surface area contributed by atoms with E-state index in [1.807, 2.05) is 6.92 Å². The second-order valence-corrected chi connectivity index (χ2v) is 6.50. The molecule has 3 heteroatoms. The van der Waals surface area contributed by atoms with Crippen molar-refractivity contribution in [3.8, 4) is 0 Å². The summed E-state index contributed by atoms with van der Waals surface area (Å²) in [7, 11) is 0. The number of hydrogen-bond acceptors (Lipinski definition) is 3. The van der Waals surface area contributed by atoms with Crippen molar-refractivity contribution in [3.63, 3.8) is 0 Å². The highest BCUT2D eigenvalue weighted by molar-refractivity contribution is 5.49. The average molecular weight is 288 g/mol. The smallest absolute Gasteiger partial charge is 0.0787 e. The van der Waals surface area contributed by atoms with Gasteiger partial charge in [-0.05, 0) is 56.5 Å². The fourth-order valence-corrected chi connectivity index (χ4v) is 3.70. The third-order valence-corrected chi connectivity index (χ3v) is 5.10. The summed E-state index contributed by atoms with van der Waals surface area (Å²) in [5, 5.41) is 9.88. The van der Waals surface area contributed by atoms with Gasteiger partial charge in [0, 0.05) is 24.8 Å². The van der Waals surface area contributed by atoms with Gasteiger partial charge in [-0.25, -0.2) is 0 Å². The maximum atomic E-state index is 9.88. The second-order valence-electron chi connectivity index (χ2n) is 6.50. The molecule has 3 rings (SSSR count). The molecule has 2 saturated heterocycles. The Hall–Kier alpha value is -1.06. The van der Waals surface area contributed by atoms with E-state index in [9.17, 15) is 5.11 Å². The van der Waals surface area contributed by atoms with E-state index < -0.39 is 0 Å². The van der Waals surface area contributed by atoms with Crippen molar-refractivity contribution in [3.05, 3.63) is 29.8 Å². The highest BCUT2D eigenvalue weighted by Crippen LogP contribution is 2.26. The van der Waals surface area contributed by atoms with Crippen LogP contribution in [0.5, 0.6) is 0 Å². The van der Waals surface area contributed by atoms with Crippen molar-refractivity contribution in [1.29, 1.82) is 0 Å². The summed E-state index contributed by atoms with van der Waals surface area (Å²) in [4.78, 5) is 5.19. The summed E-state index contributed by atoms with van der Waals surface area (Å²) >= 11 is 0. The summed E-state index contributed by atoms with van der Waals surface area (Å²) in [6.45, 7) is 6.93. The number of hydrogen-bond donors (Lipinski definition) is 1. The normalized spacial score (nSPS) is 25.2. The minimum absolute atomic E-state index is 0.321. The third kappa shape index (κ3) is 3.41. The fraction of sp³-hybridized carbons (Fsp3) is 0.667. The quantitative estimate of drug-likeness (QED) is 0.921. The number of nitrogens with zero attached hydrogens (tertiary/aromatic N) is 2. The number of aliphatic hydroxyl groups is 1. The third-order valence-electron chi connectivity index (χ3n) is 5.10. The van der Waals surface area contributed by atoms with E-state index in [2.05, 4.69) is 34.1 Å². The molecule has 1 aromatic rings. The average Bonchev–Trinajstić information content (AvgIpc) is 3.05. The van der Waals surface area contributed by atoms with Gasteiger partial charge in [0.15, 0.2) is 0 Å². The predicted molar refractivity (Wildman–Crippen MR) is 87.7 cm³/mol. The van der Waals surface area contributed by atoms with Crippen LogP contribution in [0.1, 0.15) is 50.7 Å². The molecule has 2 unspecified atom stereocenters. The Balaban J connectivity index is 1.60.